The van der Waals surface area contributed by atoms with Gasteiger partial charge in [0.15, 0.2) is 0 Å². The van der Waals surface area contributed by atoms with Crippen LogP contribution in [-0.4, -0.2) is 32.8 Å². The Morgan fingerprint density at radius 3 is 2.58 bits per heavy atom. The van der Waals surface area contributed by atoms with E-state index in [0.29, 0.717) is 12.1 Å². The second kappa shape index (κ2) is 5.77. The lowest BCUT2D eigenvalue weighted by Gasteiger charge is -2.27. The third-order valence-electron chi connectivity index (χ3n) is 2.99. The molecule has 0 heterocycles. The van der Waals surface area contributed by atoms with Crippen LogP contribution in [-0.2, 0) is 10.0 Å². The SMILES string of the molecule is CCC(C)(CO)NS(=O)(=O)c1ccc(N)cc1OC. The standard InChI is InChI=1S/C12H20N2O4S/c1-4-12(2,8-15)14-19(16,17)11-6-5-9(13)7-10(11)18-3/h5-7,14-15H,4,8,13H2,1-3H3. The number of benzene rings is 1. The van der Waals surface area contributed by atoms with E-state index in [1.165, 1.54) is 25.3 Å². The van der Waals surface area contributed by atoms with E-state index >= 15 is 0 Å². The van der Waals surface area contributed by atoms with Crippen molar-refractivity contribution in [1.29, 1.82) is 0 Å². The van der Waals surface area contributed by atoms with Gasteiger partial charge in [-0.15, -0.1) is 0 Å². The maximum atomic E-state index is 12.3. The number of methoxy groups -OCH3 is 1. The van der Waals surface area contributed by atoms with Crippen molar-refractivity contribution >= 4 is 15.7 Å². The molecule has 0 aromatic heterocycles. The highest BCUT2D eigenvalue weighted by Crippen LogP contribution is 2.27. The summed E-state index contributed by atoms with van der Waals surface area (Å²) in [5.41, 5.74) is 5.09. The van der Waals surface area contributed by atoms with Crippen LogP contribution in [0.25, 0.3) is 0 Å². The molecule has 7 heteroatoms. The third-order valence-corrected chi connectivity index (χ3v) is 4.67. The molecule has 108 valence electrons. The zero-order valence-electron chi connectivity index (χ0n) is 11.3. The normalized spacial score (nSPS) is 14.9. The maximum Gasteiger partial charge on any atom is 0.244 e. The molecule has 1 unspecified atom stereocenters. The second-order valence-electron chi connectivity index (χ2n) is 4.59. The molecule has 0 fully saturated rings. The lowest BCUT2D eigenvalue weighted by atomic mass is 10.0. The fourth-order valence-corrected chi connectivity index (χ4v) is 3.12. The summed E-state index contributed by atoms with van der Waals surface area (Å²) in [5.74, 6) is 0.170. The van der Waals surface area contributed by atoms with Gasteiger partial charge in [0, 0.05) is 11.8 Å². The van der Waals surface area contributed by atoms with Gasteiger partial charge in [0.05, 0.1) is 19.3 Å². The summed E-state index contributed by atoms with van der Waals surface area (Å²) in [6, 6.07) is 4.31. The molecule has 0 amide bonds. The number of hydrogen-bond donors (Lipinski definition) is 3. The van der Waals surface area contributed by atoms with Gasteiger partial charge >= 0.3 is 0 Å². The molecule has 0 aliphatic heterocycles. The second-order valence-corrected chi connectivity index (χ2v) is 6.24. The summed E-state index contributed by atoms with van der Waals surface area (Å²) >= 11 is 0. The van der Waals surface area contributed by atoms with Crippen molar-refractivity contribution in [3.05, 3.63) is 18.2 Å². The largest absolute Gasteiger partial charge is 0.495 e. The van der Waals surface area contributed by atoms with Crippen molar-refractivity contribution in [2.75, 3.05) is 19.5 Å². The molecule has 4 N–H and O–H groups in total. The first kappa shape index (κ1) is 15.7. The Labute approximate surface area is 113 Å². The monoisotopic (exact) mass is 288 g/mol. The molecule has 0 aliphatic carbocycles. The molecule has 6 nitrogen and oxygen atoms in total. The molecule has 1 atom stereocenters. The van der Waals surface area contributed by atoms with Crippen LogP contribution in [0.3, 0.4) is 0 Å². The molecule has 1 rings (SSSR count). The molecule has 1 aromatic carbocycles. The Kier molecular flexibility index (Phi) is 4.78. The predicted octanol–water partition coefficient (Wildman–Crippen LogP) is 0.717. The van der Waals surface area contributed by atoms with Gasteiger partial charge in [-0.3, -0.25) is 0 Å². The van der Waals surface area contributed by atoms with Crippen LogP contribution in [0.1, 0.15) is 20.3 Å². The minimum Gasteiger partial charge on any atom is -0.495 e. The number of aliphatic hydroxyl groups is 1. The van der Waals surface area contributed by atoms with Crippen molar-refractivity contribution < 1.29 is 18.3 Å². The van der Waals surface area contributed by atoms with E-state index in [1.807, 2.05) is 0 Å². The van der Waals surface area contributed by atoms with Crippen LogP contribution in [0, 0.1) is 0 Å². The highest BCUT2D eigenvalue weighted by Gasteiger charge is 2.30. The molecule has 0 bridgehead atoms. The zero-order valence-corrected chi connectivity index (χ0v) is 12.1. The summed E-state index contributed by atoms with van der Waals surface area (Å²) in [6.45, 7) is 3.13. The minimum absolute atomic E-state index is 0.00248. The van der Waals surface area contributed by atoms with Gasteiger partial charge < -0.3 is 15.6 Å². The average Bonchev–Trinajstić information content (AvgIpc) is 2.37. The van der Waals surface area contributed by atoms with Gasteiger partial charge in [0.2, 0.25) is 10.0 Å². The van der Waals surface area contributed by atoms with Crippen LogP contribution >= 0.6 is 0 Å². The van der Waals surface area contributed by atoms with Gasteiger partial charge in [-0.2, -0.15) is 0 Å². The van der Waals surface area contributed by atoms with Crippen molar-refractivity contribution in [2.45, 2.75) is 30.7 Å². The Balaban J connectivity index is 3.21. The van der Waals surface area contributed by atoms with Gasteiger partial charge in [0.25, 0.3) is 0 Å². The Morgan fingerprint density at radius 2 is 2.11 bits per heavy atom. The quantitative estimate of drug-likeness (QED) is 0.669. The number of rotatable bonds is 6. The van der Waals surface area contributed by atoms with E-state index in [1.54, 1.807) is 13.8 Å². The lowest BCUT2D eigenvalue weighted by molar-refractivity contribution is 0.191. The molecular formula is C12H20N2O4S. The van der Waals surface area contributed by atoms with Crippen molar-refractivity contribution in [2.24, 2.45) is 0 Å². The summed E-state index contributed by atoms with van der Waals surface area (Å²) in [7, 11) is -2.42. The number of ether oxygens (including phenoxy) is 1. The molecule has 1 aromatic rings. The fourth-order valence-electron chi connectivity index (χ4n) is 1.50. The number of nitrogen functional groups attached to an aromatic ring is 1. The topological polar surface area (TPSA) is 102 Å². The molecule has 0 spiro atoms. The first-order valence-electron chi connectivity index (χ1n) is 5.86. The molecule has 19 heavy (non-hydrogen) atoms. The van der Waals surface area contributed by atoms with Gasteiger partial charge in [-0.1, -0.05) is 6.92 Å². The van der Waals surface area contributed by atoms with Gasteiger partial charge in [-0.05, 0) is 25.5 Å². The zero-order chi connectivity index (χ0) is 14.7. The van der Waals surface area contributed by atoms with E-state index in [9.17, 15) is 13.5 Å². The number of nitrogens with one attached hydrogen (secondary N) is 1. The highest BCUT2D eigenvalue weighted by molar-refractivity contribution is 7.89. The first-order chi connectivity index (χ1) is 8.78. The predicted molar refractivity (Wildman–Crippen MR) is 73.5 cm³/mol. The van der Waals surface area contributed by atoms with Gasteiger partial charge in [0.1, 0.15) is 10.6 Å². The van der Waals surface area contributed by atoms with E-state index < -0.39 is 15.6 Å². The first-order valence-corrected chi connectivity index (χ1v) is 7.34. The van der Waals surface area contributed by atoms with Crippen LogP contribution in [0.15, 0.2) is 23.1 Å². The van der Waals surface area contributed by atoms with Crippen molar-refractivity contribution in [3.8, 4) is 5.75 Å². The Hall–Kier alpha value is -1.31. The van der Waals surface area contributed by atoms with E-state index in [-0.39, 0.29) is 17.3 Å². The van der Waals surface area contributed by atoms with E-state index in [4.69, 9.17) is 10.5 Å². The summed E-state index contributed by atoms with van der Waals surface area (Å²) < 4.78 is 32.1. The Morgan fingerprint density at radius 1 is 1.47 bits per heavy atom. The Bertz CT molecular complexity index is 539. The fraction of sp³-hybridized carbons (Fsp3) is 0.500. The molecular weight excluding hydrogens is 268 g/mol. The average molecular weight is 288 g/mol. The molecule has 0 aliphatic rings. The number of hydrogen-bond acceptors (Lipinski definition) is 5. The smallest absolute Gasteiger partial charge is 0.244 e. The number of aliphatic hydroxyl groups excluding tert-OH is 1. The maximum absolute atomic E-state index is 12.3. The summed E-state index contributed by atoms with van der Waals surface area (Å²) in [4.78, 5) is -0.00248. The number of sulfonamides is 1. The van der Waals surface area contributed by atoms with Crippen molar-refractivity contribution in [3.63, 3.8) is 0 Å². The number of nitrogens with two attached hydrogens (primary N) is 1. The van der Waals surface area contributed by atoms with Crippen LogP contribution < -0.4 is 15.2 Å². The van der Waals surface area contributed by atoms with Crippen LogP contribution in [0.4, 0.5) is 5.69 Å². The molecule has 0 saturated heterocycles. The molecule has 0 saturated carbocycles. The van der Waals surface area contributed by atoms with E-state index in [2.05, 4.69) is 4.72 Å². The molecule has 0 radical (unpaired) electrons. The lowest BCUT2D eigenvalue weighted by Crippen LogP contribution is -2.48. The third kappa shape index (κ3) is 3.59. The van der Waals surface area contributed by atoms with Crippen LogP contribution in [0.2, 0.25) is 0 Å². The number of anilines is 1. The van der Waals surface area contributed by atoms with E-state index in [0.717, 1.165) is 0 Å². The highest BCUT2D eigenvalue weighted by atomic mass is 32.2. The summed E-state index contributed by atoms with van der Waals surface area (Å²) in [6.07, 6.45) is 0.458. The summed E-state index contributed by atoms with van der Waals surface area (Å²) in [5, 5.41) is 9.29. The van der Waals surface area contributed by atoms with Crippen molar-refractivity contribution in [1.82, 2.24) is 4.72 Å². The van der Waals surface area contributed by atoms with Gasteiger partial charge in [-0.25, -0.2) is 13.1 Å². The minimum atomic E-state index is -3.79. The van der Waals surface area contributed by atoms with Crippen LogP contribution in [0.5, 0.6) is 5.75 Å².